The van der Waals surface area contributed by atoms with Crippen molar-refractivity contribution in [3.8, 4) is 5.75 Å². The maximum Gasteiger partial charge on any atom is 0.225 e. The summed E-state index contributed by atoms with van der Waals surface area (Å²) in [5.41, 5.74) is 3.84. The van der Waals surface area contributed by atoms with Crippen LogP contribution in [-0.4, -0.2) is 46.5 Å². The second-order valence-corrected chi connectivity index (χ2v) is 7.56. The van der Waals surface area contributed by atoms with Crippen molar-refractivity contribution in [2.24, 2.45) is 0 Å². The van der Waals surface area contributed by atoms with Crippen molar-refractivity contribution < 1.29 is 9.47 Å². The van der Waals surface area contributed by atoms with Gasteiger partial charge in [-0.1, -0.05) is 11.6 Å². The Kier molecular flexibility index (Phi) is 5.97. The molecule has 0 aliphatic carbocycles. The van der Waals surface area contributed by atoms with E-state index in [1.54, 1.807) is 0 Å². The minimum Gasteiger partial charge on any atom is -0.493 e. The standard InChI is InChI=1S/C21H24ClN5O2/c1-14-11-15(2)24-21(23-14)27-8-10-29-20(13-27)19-12-17(25-26-19)7-9-28-18-5-3-16(22)4-6-18/h3-6,11-12,20H,7-10,13H2,1-2H3,(H,25,26)/t20-/m1/s1. The van der Waals surface area contributed by atoms with Gasteiger partial charge in [-0.3, -0.25) is 5.10 Å². The molecular formula is C21H24ClN5O2. The molecule has 0 radical (unpaired) electrons. The van der Waals surface area contributed by atoms with E-state index in [0.29, 0.717) is 24.8 Å². The number of aryl methyl sites for hydroxylation is 2. The average Bonchev–Trinajstić information content (AvgIpc) is 3.18. The highest BCUT2D eigenvalue weighted by Crippen LogP contribution is 2.24. The lowest BCUT2D eigenvalue weighted by molar-refractivity contribution is 0.0364. The van der Waals surface area contributed by atoms with Crippen molar-refractivity contribution in [2.75, 3.05) is 31.2 Å². The van der Waals surface area contributed by atoms with Gasteiger partial charge in [0.2, 0.25) is 5.95 Å². The molecule has 1 aliphatic rings. The number of hydrogen-bond acceptors (Lipinski definition) is 6. The number of hydrogen-bond donors (Lipinski definition) is 1. The van der Waals surface area contributed by atoms with Gasteiger partial charge in [-0.05, 0) is 50.2 Å². The van der Waals surface area contributed by atoms with Crippen molar-refractivity contribution in [2.45, 2.75) is 26.4 Å². The maximum absolute atomic E-state index is 5.95. The molecule has 1 N–H and O–H groups in total. The van der Waals surface area contributed by atoms with Gasteiger partial charge in [0, 0.05) is 35.1 Å². The lowest BCUT2D eigenvalue weighted by Crippen LogP contribution is -2.39. The predicted molar refractivity (Wildman–Crippen MR) is 112 cm³/mol. The molecule has 7 nitrogen and oxygen atoms in total. The van der Waals surface area contributed by atoms with E-state index in [1.165, 1.54) is 0 Å². The van der Waals surface area contributed by atoms with Crippen LogP contribution < -0.4 is 9.64 Å². The third kappa shape index (κ3) is 5.05. The maximum atomic E-state index is 5.95. The van der Waals surface area contributed by atoms with Gasteiger partial charge in [0.25, 0.3) is 0 Å². The van der Waals surface area contributed by atoms with Crippen LogP contribution in [0.1, 0.15) is 28.9 Å². The highest BCUT2D eigenvalue weighted by Gasteiger charge is 2.26. The Bertz CT molecular complexity index is 940. The van der Waals surface area contributed by atoms with Gasteiger partial charge in [0.1, 0.15) is 11.9 Å². The molecule has 0 spiro atoms. The van der Waals surface area contributed by atoms with E-state index in [4.69, 9.17) is 21.1 Å². The minimum absolute atomic E-state index is 0.115. The molecule has 3 aromatic rings. The summed E-state index contributed by atoms with van der Waals surface area (Å²) in [5.74, 6) is 1.55. The number of morpholine rings is 1. The van der Waals surface area contributed by atoms with Gasteiger partial charge in [-0.2, -0.15) is 5.10 Å². The summed E-state index contributed by atoms with van der Waals surface area (Å²) >= 11 is 5.89. The fourth-order valence-electron chi connectivity index (χ4n) is 3.34. The van der Waals surface area contributed by atoms with Gasteiger partial charge in [-0.15, -0.1) is 0 Å². The number of nitrogens with one attached hydrogen (secondary N) is 1. The molecule has 152 valence electrons. The van der Waals surface area contributed by atoms with Crippen LogP contribution >= 0.6 is 11.6 Å². The first-order valence-corrected chi connectivity index (χ1v) is 10.1. The summed E-state index contributed by atoms with van der Waals surface area (Å²) < 4.78 is 11.7. The predicted octanol–water partition coefficient (Wildman–Crippen LogP) is 3.67. The van der Waals surface area contributed by atoms with Crippen molar-refractivity contribution in [1.29, 1.82) is 0 Å². The van der Waals surface area contributed by atoms with Crippen molar-refractivity contribution in [3.05, 3.63) is 64.2 Å². The van der Waals surface area contributed by atoms with E-state index >= 15 is 0 Å². The zero-order chi connectivity index (χ0) is 20.2. The molecule has 8 heteroatoms. The Balaban J connectivity index is 1.35. The highest BCUT2D eigenvalue weighted by molar-refractivity contribution is 6.30. The smallest absolute Gasteiger partial charge is 0.225 e. The van der Waals surface area contributed by atoms with Crippen LogP contribution in [0.2, 0.25) is 5.02 Å². The molecule has 1 fully saturated rings. The lowest BCUT2D eigenvalue weighted by Gasteiger charge is -2.32. The van der Waals surface area contributed by atoms with Crippen molar-refractivity contribution in [1.82, 2.24) is 20.2 Å². The number of H-pyrrole nitrogens is 1. The summed E-state index contributed by atoms with van der Waals surface area (Å²) in [5, 5.41) is 8.24. The number of ether oxygens (including phenoxy) is 2. The van der Waals surface area contributed by atoms with E-state index in [2.05, 4.69) is 25.1 Å². The van der Waals surface area contributed by atoms with Crippen LogP contribution in [0.25, 0.3) is 0 Å². The SMILES string of the molecule is Cc1cc(C)nc(N2CCO[C@@H](c3cc(CCOc4ccc(Cl)cc4)[nH]n3)C2)n1. The molecule has 0 bridgehead atoms. The molecule has 4 rings (SSSR count). The molecule has 2 aromatic heterocycles. The fourth-order valence-corrected chi connectivity index (χ4v) is 3.47. The zero-order valence-electron chi connectivity index (χ0n) is 16.6. The summed E-state index contributed by atoms with van der Waals surface area (Å²) in [6.45, 7) is 6.59. The molecule has 1 saturated heterocycles. The van der Waals surface area contributed by atoms with E-state index in [1.807, 2.05) is 50.2 Å². The molecule has 29 heavy (non-hydrogen) atoms. The van der Waals surface area contributed by atoms with Crippen molar-refractivity contribution in [3.63, 3.8) is 0 Å². The Labute approximate surface area is 175 Å². The lowest BCUT2D eigenvalue weighted by atomic mass is 10.2. The summed E-state index contributed by atoms with van der Waals surface area (Å²) in [4.78, 5) is 11.3. The van der Waals surface area contributed by atoms with Crippen LogP contribution in [0.15, 0.2) is 36.4 Å². The van der Waals surface area contributed by atoms with E-state index in [0.717, 1.165) is 47.4 Å². The quantitative estimate of drug-likeness (QED) is 0.664. The van der Waals surface area contributed by atoms with Crippen molar-refractivity contribution >= 4 is 17.5 Å². The first-order chi connectivity index (χ1) is 14.1. The molecule has 0 saturated carbocycles. The van der Waals surface area contributed by atoms with Gasteiger partial charge in [-0.25, -0.2) is 9.97 Å². The highest BCUT2D eigenvalue weighted by atomic mass is 35.5. The molecule has 0 amide bonds. The number of aromatic amines is 1. The van der Waals surface area contributed by atoms with Crippen LogP contribution in [-0.2, 0) is 11.2 Å². The topological polar surface area (TPSA) is 76.2 Å². The Hall–Kier alpha value is -2.64. The molecular weight excluding hydrogens is 390 g/mol. The third-order valence-electron chi connectivity index (χ3n) is 4.75. The summed E-state index contributed by atoms with van der Waals surface area (Å²) in [7, 11) is 0. The number of aromatic nitrogens is 4. The Morgan fingerprint density at radius 2 is 1.93 bits per heavy atom. The minimum atomic E-state index is -0.115. The van der Waals surface area contributed by atoms with Gasteiger partial charge < -0.3 is 14.4 Å². The molecule has 3 heterocycles. The van der Waals surface area contributed by atoms with Crippen LogP contribution in [0.3, 0.4) is 0 Å². The van der Waals surface area contributed by atoms with Gasteiger partial charge >= 0.3 is 0 Å². The fraction of sp³-hybridized carbons (Fsp3) is 0.381. The molecule has 1 atom stereocenters. The number of benzene rings is 1. The normalized spacial score (nSPS) is 16.8. The number of nitrogens with zero attached hydrogens (tertiary/aromatic N) is 4. The monoisotopic (exact) mass is 413 g/mol. The average molecular weight is 414 g/mol. The zero-order valence-corrected chi connectivity index (χ0v) is 17.3. The second kappa shape index (κ2) is 8.80. The molecule has 0 unspecified atom stereocenters. The number of anilines is 1. The third-order valence-corrected chi connectivity index (χ3v) is 5.01. The summed E-state index contributed by atoms with van der Waals surface area (Å²) in [6.07, 6.45) is 0.613. The Morgan fingerprint density at radius 1 is 1.17 bits per heavy atom. The molecule has 1 aromatic carbocycles. The molecule has 1 aliphatic heterocycles. The van der Waals surface area contributed by atoms with E-state index in [9.17, 15) is 0 Å². The van der Waals surface area contributed by atoms with Gasteiger partial charge in [0.15, 0.2) is 0 Å². The van der Waals surface area contributed by atoms with Crippen LogP contribution in [0.5, 0.6) is 5.75 Å². The summed E-state index contributed by atoms with van der Waals surface area (Å²) in [6, 6.07) is 11.4. The first kappa shape index (κ1) is 19.7. The van der Waals surface area contributed by atoms with E-state index in [-0.39, 0.29) is 6.10 Å². The first-order valence-electron chi connectivity index (χ1n) is 9.68. The number of rotatable bonds is 6. The second-order valence-electron chi connectivity index (χ2n) is 7.13. The van der Waals surface area contributed by atoms with E-state index < -0.39 is 0 Å². The van der Waals surface area contributed by atoms with Crippen LogP contribution in [0, 0.1) is 13.8 Å². The largest absolute Gasteiger partial charge is 0.493 e. The van der Waals surface area contributed by atoms with Crippen LogP contribution in [0.4, 0.5) is 5.95 Å². The number of halogens is 1. The van der Waals surface area contributed by atoms with Gasteiger partial charge in [0.05, 0.1) is 25.5 Å². The Morgan fingerprint density at radius 3 is 2.69 bits per heavy atom.